The molecule has 1 aromatic heterocycles. The number of carbonyl (C=O) groups is 1. The van der Waals surface area contributed by atoms with E-state index in [1.54, 1.807) is 7.11 Å². The number of aromatic nitrogens is 1. The summed E-state index contributed by atoms with van der Waals surface area (Å²) in [6.45, 7) is 12.9. The summed E-state index contributed by atoms with van der Waals surface area (Å²) >= 11 is 1.84. The van der Waals surface area contributed by atoms with Gasteiger partial charge in [0.1, 0.15) is 11.4 Å². The smallest absolute Gasteiger partial charge is 0.221 e. The van der Waals surface area contributed by atoms with Crippen molar-refractivity contribution in [3.63, 3.8) is 0 Å². The Hall–Kier alpha value is -2.60. The number of aliphatic imine (C=N–C) groups is 1. The number of benzene rings is 1. The van der Waals surface area contributed by atoms with Crippen LogP contribution in [0.3, 0.4) is 0 Å². The molecule has 0 bridgehead atoms. The third-order valence-corrected chi connectivity index (χ3v) is 10.4. The number of anilines is 1. The van der Waals surface area contributed by atoms with E-state index in [1.165, 1.54) is 12.8 Å². The normalized spacial score (nSPS) is 22.9. The monoisotopic (exact) mass is 609 g/mol. The predicted molar refractivity (Wildman–Crippen MR) is 175 cm³/mol. The number of aryl methyl sites for hydroxylation is 1. The Morgan fingerprint density at radius 1 is 1.09 bits per heavy atom. The molecule has 5 heterocycles. The first-order chi connectivity index (χ1) is 21.1. The van der Waals surface area contributed by atoms with Crippen molar-refractivity contribution in [1.29, 1.82) is 0 Å². The average molecular weight is 610 g/mol. The summed E-state index contributed by atoms with van der Waals surface area (Å²) in [6.07, 6.45) is 5.88. The van der Waals surface area contributed by atoms with E-state index >= 15 is 0 Å². The largest absolute Gasteiger partial charge is 0.494 e. The van der Waals surface area contributed by atoms with Crippen LogP contribution in [0.2, 0.25) is 0 Å². The highest BCUT2D eigenvalue weighted by molar-refractivity contribution is 8.14. The highest BCUT2D eigenvalue weighted by Gasteiger charge is 2.36. The fraction of sp³-hybridized carbons (Fsp3) is 0.656. The number of nitrogens with zero attached hydrogens (tertiary/aromatic N) is 6. The summed E-state index contributed by atoms with van der Waals surface area (Å²) in [5.41, 5.74) is 3.19. The van der Waals surface area contributed by atoms with Gasteiger partial charge in [-0.15, -0.1) is 0 Å². The minimum Gasteiger partial charge on any atom is -0.494 e. The van der Waals surface area contributed by atoms with Gasteiger partial charge in [-0.1, -0.05) is 17.8 Å². The van der Waals surface area contributed by atoms with Crippen LogP contribution in [-0.4, -0.2) is 134 Å². The summed E-state index contributed by atoms with van der Waals surface area (Å²) in [6, 6.07) is 6.44. The molecule has 2 aromatic rings. The van der Waals surface area contributed by atoms with E-state index < -0.39 is 0 Å². The maximum atomic E-state index is 13.4. The van der Waals surface area contributed by atoms with E-state index in [9.17, 15) is 4.79 Å². The van der Waals surface area contributed by atoms with Crippen LogP contribution in [0, 0.1) is 6.92 Å². The van der Waals surface area contributed by atoms with Crippen LogP contribution in [0.15, 0.2) is 29.4 Å². The highest BCUT2D eigenvalue weighted by Crippen LogP contribution is 2.39. The minimum atomic E-state index is 0.0621. The van der Waals surface area contributed by atoms with Gasteiger partial charge in [0.25, 0.3) is 0 Å². The van der Waals surface area contributed by atoms with Crippen LogP contribution in [0.1, 0.15) is 31.2 Å². The van der Waals surface area contributed by atoms with Gasteiger partial charge >= 0.3 is 0 Å². The lowest BCUT2D eigenvalue weighted by Gasteiger charge is -2.33. The van der Waals surface area contributed by atoms with E-state index in [0.29, 0.717) is 13.0 Å². The van der Waals surface area contributed by atoms with E-state index in [4.69, 9.17) is 19.5 Å². The summed E-state index contributed by atoms with van der Waals surface area (Å²) < 4.78 is 11.5. The molecule has 10 nitrogen and oxygen atoms in total. The number of hydrogen-bond donors (Lipinski definition) is 1. The lowest BCUT2D eigenvalue weighted by atomic mass is 10.0. The minimum absolute atomic E-state index is 0.0621. The van der Waals surface area contributed by atoms with Gasteiger partial charge in [-0.3, -0.25) is 19.7 Å². The first-order valence-corrected chi connectivity index (χ1v) is 17.0. The van der Waals surface area contributed by atoms with E-state index in [0.717, 1.165) is 117 Å². The second-order valence-corrected chi connectivity index (χ2v) is 13.1. The number of likely N-dealkylation sites (tertiary alicyclic amines) is 1. The Kier molecular flexibility index (Phi) is 10.2. The molecule has 0 aliphatic carbocycles. The van der Waals surface area contributed by atoms with Crippen molar-refractivity contribution in [3.05, 3.63) is 30.0 Å². The molecule has 4 aliphatic heterocycles. The Labute approximate surface area is 260 Å². The molecule has 43 heavy (non-hydrogen) atoms. The van der Waals surface area contributed by atoms with Gasteiger partial charge in [0.2, 0.25) is 5.91 Å². The second kappa shape index (κ2) is 14.5. The van der Waals surface area contributed by atoms with Crippen LogP contribution >= 0.6 is 11.8 Å². The Morgan fingerprint density at radius 2 is 1.93 bits per heavy atom. The fourth-order valence-corrected chi connectivity index (χ4v) is 8.19. The quantitative estimate of drug-likeness (QED) is 0.461. The van der Waals surface area contributed by atoms with Crippen molar-refractivity contribution in [2.45, 2.75) is 44.7 Å². The van der Waals surface area contributed by atoms with Gasteiger partial charge in [-0.2, -0.15) is 0 Å². The molecular formula is C32H47N7O3S. The number of fused-ring (bicyclic) bond motifs is 1. The van der Waals surface area contributed by atoms with Crippen LogP contribution in [-0.2, 0) is 9.53 Å². The Balaban J connectivity index is 1.19. The molecule has 2 unspecified atom stereocenters. The highest BCUT2D eigenvalue weighted by atomic mass is 32.2. The molecule has 11 heteroatoms. The molecule has 0 radical (unpaired) electrons. The summed E-state index contributed by atoms with van der Waals surface area (Å²) in [4.78, 5) is 33.2. The van der Waals surface area contributed by atoms with Crippen molar-refractivity contribution in [2.75, 3.05) is 96.4 Å². The number of carbonyl (C=O) groups excluding carboxylic acids is 1. The fourth-order valence-electron chi connectivity index (χ4n) is 7.00. The first kappa shape index (κ1) is 30.4. The molecule has 6 rings (SSSR count). The molecule has 0 saturated carbocycles. The van der Waals surface area contributed by atoms with Gasteiger partial charge in [-0.25, -0.2) is 0 Å². The van der Waals surface area contributed by atoms with Gasteiger partial charge in [-0.05, 0) is 57.0 Å². The van der Waals surface area contributed by atoms with E-state index in [-0.39, 0.29) is 18.0 Å². The summed E-state index contributed by atoms with van der Waals surface area (Å²) in [5, 5.41) is 5.49. The molecule has 3 fully saturated rings. The third kappa shape index (κ3) is 7.21. The van der Waals surface area contributed by atoms with Crippen LogP contribution < -0.4 is 15.0 Å². The number of hydrogen-bond acceptors (Lipinski definition) is 10. The topological polar surface area (TPSA) is 85.8 Å². The van der Waals surface area contributed by atoms with Crippen LogP contribution in [0.25, 0.3) is 10.9 Å². The maximum Gasteiger partial charge on any atom is 0.221 e. The van der Waals surface area contributed by atoms with Gasteiger partial charge in [0.15, 0.2) is 5.17 Å². The van der Waals surface area contributed by atoms with Crippen molar-refractivity contribution in [1.82, 2.24) is 25.0 Å². The molecule has 234 valence electrons. The SMILES string of the molecule is COc1c(C)cc2cccnc2c1N1CCCN(C(CC(=O)NCCN2CCCC2)C2CSC(N3CCOCC3)=N2)CC1. The van der Waals surface area contributed by atoms with Crippen LogP contribution in [0.4, 0.5) is 5.69 Å². The molecule has 2 atom stereocenters. The zero-order valence-corrected chi connectivity index (χ0v) is 26.6. The van der Waals surface area contributed by atoms with E-state index in [2.05, 4.69) is 44.0 Å². The van der Waals surface area contributed by atoms with Gasteiger partial charge < -0.3 is 29.5 Å². The second-order valence-electron chi connectivity index (χ2n) is 12.1. The van der Waals surface area contributed by atoms with E-state index in [1.807, 2.05) is 24.0 Å². The Morgan fingerprint density at radius 3 is 2.74 bits per heavy atom. The number of pyridine rings is 1. The number of morpholine rings is 1. The molecule has 1 N–H and O–H groups in total. The maximum absolute atomic E-state index is 13.4. The van der Waals surface area contributed by atoms with Crippen molar-refractivity contribution < 1.29 is 14.3 Å². The summed E-state index contributed by atoms with van der Waals surface area (Å²) in [7, 11) is 1.75. The number of ether oxygens (including phenoxy) is 2. The van der Waals surface area contributed by atoms with Gasteiger partial charge in [0.05, 0.1) is 31.9 Å². The number of rotatable bonds is 9. The molecule has 1 amide bonds. The molecule has 1 aromatic carbocycles. The number of amides is 1. The lowest BCUT2D eigenvalue weighted by Crippen LogP contribution is -2.48. The third-order valence-electron chi connectivity index (χ3n) is 9.26. The van der Waals surface area contributed by atoms with Crippen molar-refractivity contribution in [2.24, 2.45) is 4.99 Å². The predicted octanol–water partition coefficient (Wildman–Crippen LogP) is 2.84. The average Bonchev–Trinajstić information content (AvgIpc) is 3.68. The zero-order chi connectivity index (χ0) is 29.6. The number of methoxy groups -OCH3 is 1. The molecular weight excluding hydrogens is 562 g/mol. The molecule has 3 saturated heterocycles. The first-order valence-electron chi connectivity index (χ1n) is 16.0. The van der Waals surface area contributed by atoms with Crippen molar-refractivity contribution >= 4 is 39.4 Å². The van der Waals surface area contributed by atoms with Gasteiger partial charge in [0, 0.05) is 82.2 Å². The standard InChI is InChI=1S/C32H47N7O3S/c1-24-21-25-7-5-8-34-29(25)30(31(24)41-2)38-13-6-12-37(15-16-38)27(22-28(40)33-9-14-36-10-3-4-11-36)26-23-43-32(35-26)39-17-19-42-20-18-39/h5,7-8,21,26-27H,3-4,6,9-20,22-23H2,1-2H3,(H,33,40). The zero-order valence-electron chi connectivity index (χ0n) is 25.8. The number of thioether (sulfide) groups is 1. The Bertz CT molecular complexity index is 1280. The summed E-state index contributed by atoms with van der Waals surface area (Å²) in [5.74, 6) is 1.96. The molecule has 4 aliphatic rings. The van der Waals surface area contributed by atoms with Crippen molar-refractivity contribution in [3.8, 4) is 5.75 Å². The molecule has 0 spiro atoms. The number of amidine groups is 1. The lowest BCUT2D eigenvalue weighted by molar-refractivity contribution is -0.122. The van der Waals surface area contributed by atoms with Crippen LogP contribution in [0.5, 0.6) is 5.75 Å². The number of nitrogens with one attached hydrogen (secondary N) is 1.